The molecule has 1 saturated heterocycles. The number of allylic oxidation sites excluding steroid dienone is 1. The van der Waals surface area contributed by atoms with Crippen LogP contribution >= 0.6 is 11.8 Å². The van der Waals surface area contributed by atoms with Crippen molar-refractivity contribution in [1.82, 2.24) is 15.1 Å². The molecule has 4 rings (SSSR count). The number of thioether (sulfide) groups is 1. The normalized spacial score (nSPS) is 20.0. The van der Waals surface area contributed by atoms with Gasteiger partial charge in [0.2, 0.25) is 5.91 Å². The highest BCUT2D eigenvalue weighted by Gasteiger charge is 2.41. The van der Waals surface area contributed by atoms with Gasteiger partial charge in [0.15, 0.2) is 5.17 Å². The summed E-state index contributed by atoms with van der Waals surface area (Å²) in [5, 5.41) is 5.76. The van der Waals surface area contributed by atoms with Crippen molar-refractivity contribution in [3.63, 3.8) is 0 Å². The van der Waals surface area contributed by atoms with Crippen LogP contribution in [-0.2, 0) is 19.1 Å². The predicted octanol–water partition coefficient (Wildman–Crippen LogP) is 3.45. The standard InChI is InChI=1S/C27H34N4O4S/c1-5-12-35-26(33)24-20(4)29-27-31(25(24)22-7-6-18(2)15-19(22)3)21(17-36-27)16-23(32)28-8-9-30-10-13-34-14-11-30/h5-7,15,17,25H,1,8-14,16H2,2-4H3,(H,28,32). The quantitative estimate of drug-likeness (QED) is 0.402. The van der Waals surface area contributed by atoms with Crippen LogP contribution < -0.4 is 5.32 Å². The first-order valence-electron chi connectivity index (χ1n) is 12.3. The Labute approximate surface area is 217 Å². The summed E-state index contributed by atoms with van der Waals surface area (Å²) in [6, 6.07) is 5.77. The number of nitrogens with zero attached hydrogens (tertiary/aromatic N) is 3. The van der Waals surface area contributed by atoms with Gasteiger partial charge in [0.25, 0.3) is 0 Å². The van der Waals surface area contributed by atoms with Gasteiger partial charge in [-0.15, -0.1) is 0 Å². The van der Waals surface area contributed by atoms with E-state index in [4.69, 9.17) is 14.5 Å². The van der Waals surface area contributed by atoms with Gasteiger partial charge >= 0.3 is 5.97 Å². The topological polar surface area (TPSA) is 83.5 Å². The number of aliphatic imine (C=N–C) groups is 1. The van der Waals surface area contributed by atoms with E-state index in [0.717, 1.165) is 60.4 Å². The fourth-order valence-electron chi connectivity index (χ4n) is 4.68. The molecule has 3 heterocycles. The van der Waals surface area contributed by atoms with E-state index in [1.165, 1.54) is 11.8 Å². The van der Waals surface area contributed by atoms with E-state index < -0.39 is 12.0 Å². The third kappa shape index (κ3) is 5.91. The molecular weight excluding hydrogens is 476 g/mol. The highest BCUT2D eigenvalue weighted by molar-refractivity contribution is 8.16. The first-order chi connectivity index (χ1) is 17.4. The second-order valence-corrected chi connectivity index (χ2v) is 9.96. The molecule has 0 spiro atoms. The van der Waals surface area contributed by atoms with E-state index >= 15 is 0 Å². The zero-order valence-corrected chi connectivity index (χ0v) is 22.0. The molecule has 1 N–H and O–H groups in total. The number of esters is 1. The number of carbonyl (C=O) groups excluding carboxylic acids is 2. The van der Waals surface area contributed by atoms with Gasteiger partial charge in [-0.05, 0) is 37.3 Å². The number of amides is 1. The van der Waals surface area contributed by atoms with Gasteiger partial charge in [0.05, 0.1) is 36.9 Å². The molecule has 3 aliphatic heterocycles. The number of amidine groups is 1. The molecule has 0 bridgehead atoms. The number of aryl methyl sites for hydroxylation is 2. The van der Waals surface area contributed by atoms with Gasteiger partial charge in [-0.2, -0.15) is 0 Å². The SMILES string of the molecule is C=CCOC(=O)C1=C(C)N=C2SC=C(CC(=O)NCCN3CCOCC3)N2C1c1ccc(C)cc1C. The number of nitrogens with one attached hydrogen (secondary N) is 1. The minimum Gasteiger partial charge on any atom is -0.458 e. The van der Waals surface area contributed by atoms with Crippen molar-refractivity contribution in [1.29, 1.82) is 0 Å². The van der Waals surface area contributed by atoms with E-state index in [9.17, 15) is 9.59 Å². The third-order valence-electron chi connectivity index (χ3n) is 6.47. The van der Waals surface area contributed by atoms with E-state index in [1.807, 2.05) is 37.1 Å². The van der Waals surface area contributed by atoms with Gasteiger partial charge in [0, 0.05) is 31.9 Å². The van der Waals surface area contributed by atoms with Gasteiger partial charge in [0.1, 0.15) is 6.61 Å². The fraction of sp³-hybridized carbons (Fsp3) is 0.444. The highest BCUT2D eigenvalue weighted by atomic mass is 32.2. The Morgan fingerprint density at radius 1 is 1.28 bits per heavy atom. The lowest BCUT2D eigenvalue weighted by Gasteiger charge is -2.37. The van der Waals surface area contributed by atoms with E-state index in [0.29, 0.717) is 17.8 Å². The average Bonchev–Trinajstić information content (AvgIpc) is 3.24. The van der Waals surface area contributed by atoms with E-state index in [2.05, 4.69) is 28.9 Å². The molecule has 9 heteroatoms. The first kappa shape index (κ1) is 26.2. The minimum absolute atomic E-state index is 0.0576. The predicted molar refractivity (Wildman–Crippen MR) is 142 cm³/mol. The summed E-state index contributed by atoms with van der Waals surface area (Å²) in [6.45, 7) is 14.3. The zero-order chi connectivity index (χ0) is 25.7. The largest absolute Gasteiger partial charge is 0.458 e. The van der Waals surface area contributed by atoms with Crippen molar-refractivity contribution in [2.75, 3.05) is 46.0 Å². The van der Waals surface area contributed by atoms with E-state index in [1.54, 1.807) is 6.08 Å². The Morgan fingerprint density at radius 3 is 2.78 bits per heavy atom. The maximum absolute atomic E-state index is 13.2. The van der Waals surface area contributed by atoms with Crippen LogP contribution in [0.3, 0.4) is 0 Å². The van der Waals surface area contributed by atoms with Crippen molar-refractivity contribution in [2.45, 2.75) is 33.2 Å². The molecule has 1 amide bonds. The van der Waals surface area contributed by atoms with Crippen LogP contribution in [0, 0.1) is 13.8 Å². The lowest BCUT2D eigenvalue weighted by atomic mass is 9.90. The number of rotatable bonds is 9. The monoisotopic (exact) mass is 510 g/mol. The Balaban J connectivity index is 1.55. The second kappa shape index (κ2) is 11.9. The minimum atomic E-state index is -0.433. The lowest BCUT2D eigenvalue weighted by molar-refractivity contribution is -0.138. The van der Waals surface area contributed by atoms with Crippen LogP contribution in [0.5, 0.6) is 0 Å². The molecule has 36 heavy (non-hydrogen) atoms. The van der Waals surface area contributed by atoms with Crippen LogP contribution in [0.1, 0.15) is 36.1 Å². The van der Waals surface area contributed by atoms with Crippen molar-refractivity contribution in [3.8, 4) is 0 Å². The molecule has 3 aliphatic rings. The molecular formula is C27H34N4O4S. The Bertz CT molecular complexity index is 1120. The second-order valence-electron chi connectivity index (χ2n) is 9.12. The summed E-state index contributed by atoms with van der Waals surface area (Å²) >= 11 is 1.48. The molecule has 1 aromatic carbocycles. The van der Waals surface area contributed by atoms with Crippen molar-refractivity contribution >= 4 is 28.8 Å². The molecule has 192 valence electrons. The molecule has 8 nitrogen and oxygen atoms in total. The summed E-state index contributed by atoms with van der Waals surface area (Å²) in [5.74, 6) is -0.482. The number of benzene rings is 1. The number of hydrogen-bond donors (Lipinski definition) is 1. The first-order valence-corrected chi connectivity index (χ1v) is 13.1. The number of morpholine rings is 1. The molecule has 0 aliphatic carbocycles. The summed E-state index contributed by atoms with van der Waals surface area (Å²) in [4.78, 5) is 35.1. The fourth-order valence-corrected chi connectivity index (χ4v) is 5.64. The van der Waals surface area contributed by atoms with Gasteiger partial charge in [-0.25, -0.2) is 9.79 Å². The van der Waals surface area contributed by atoms with Crippen molar-refractivity contribution in [2.24, 2.45) is 4.99 Å². The number of fused-ring (bicyclic) bond motifs is 1. The van der Waals surface area contributed by atoms with Gasteiger partial charge in [-0.1, -0.05) is 48.2 Å². The average molecular weight is 511 g/mol. The highest BCUT2D eigenvalue weighted by Crippen LogP contribution is 2.45. The molecule has 0 saturated carbocycles. The summed E-state index contributed by atoms with van der Waals surface area (Å²) in [6.07, 6.45) is 1.75. The van der Waals surface area contributed by atoms with Gasteiger partial charge < -0.3 is 19.7 Å². The van der Waals surface area contributed by atoms with Crippen LogP contribution in [0.25, 0.3) is 0 Å². The Kier molecular flexibility index (Phi) is 8.66. The molecule has 1 fully saturated rings. The molecule has 0 radical (unpaired) electrons. The maximum atomic E-state index is 13.2. The number of carbonyl (C=O) groups is 2. The smallest absolute Gasteiger partial charge is 0.338 e. The van der Waals surface area contributed by atoms with Crippen LogP contribution in [0.15, 0.2) is 58.2 Å². The zero-order valence-electron chi connectivity index (χ0n) is 21.2. The number of hydrogen-bond acceptors (Lipinski definition) is 8. The summed E-state index contributed by atoms with van der Waals surface area (Å²) in [5.41, 5.74) is 5.11. The van der Waals surface area contributed by atoms with Crippen LogP contribution in [-0.4, -0.2) is 72.8 Å². The Hall–Kier alpha value is -2.88. The Morgan fingerprint density at radius 2 is 2.06 bits per heavy atom. The third-order valence-corrected chi connectivity index (χ3v) is 7.36. The maximum Gasteiger partial charge on any atom is 0.338 e. The van der Waals surface area contributed by atoms with Crippen molar-refractivity contribution < 1.29 is 19.1 Å². The number of ether oxygens (including phenoxy) is 2. The van der Waals surface area contributed by atoms with E-state index in [-0.39, 0.29) is 18.9 Å². The molecule has 1 aromatic rings. The molecule has 0 aromatic heterocycles. The van der Waals surface area contributed by atoms with Crippen molar-refractivity contribution in [3.05, 3.63) is 69.9 Å². The van der Waals surface area contributed by atoms with Crippen LogP contribution in [0.2, 0.25) is 0 Å². The van der Waals surface area contributed by atoms with Gasteiger partial charge in [-0.3, -0.25) is 9.69 Å². The molecule has 1 atom stereocenters. The lowest BCUT2D eigenvalue weighted by Crippen LogP contribution is -2.42. The summed E-state index contributed by atoms with van der Waals surface area (Å²) in [7, 11) is 0. The van der Waals surface area contributed by atoms with Crippen LogP contribution in [0.4, 0.5) is 0 Å². The molecule has 1 unspecified atom stereocenters. The summed E-state index contributed by atoms with van der Waals surface area (Å²) < 4.78 is 10.8.